The normalized spacial score (nSPS) is 12.1. The molecule has 23 heavy (non-hydrogen) atoms. The number of aromatic nitrogens is 2. The lowest BCUT2D eigenvalue weighted by Gasteiger charge is -2.17. The van der Waals surface area contributed by atoms with Crippen LogP contribution in [0.15, 0.2) is 66.9 Å². The van der Waals surface area contributed by atoms with Crippen LogP contribution in [0.1, 0.15) is 30.5 Å². The Morgan fingerprint density at radius 1 is 0.957 bits per heavy atom. The fraction of sp³-hybridized carbons (Fsp3) is 0.200. The first-order valence-corrected chi connectivity index (χ1v) is 8.27. The number of hydrogen-bond acceptors (Lipinski definition) is 2. The van der Waals surface area contributed by atoms with Gasteiger partial charge in [0.25, 0.3) is 0 Å². The summed E-state index contributed by atoms with van der Waals surface area (Å²) in [5, 5.41) is 0.317. The quantitative estimate of drug-likeness (QED) is 0.577. The summed E-state index contributed by atoms with van der Waals surface area (Å²) in [7, 11) is 0. The van der Waals surface area contributed by atoms with Gasteiger partial charge in [-0.3, -0.25) is 0 Å². The maximum atomic E-state index is 5.95. The van der Waals surface area contributed by atoms with Gasteiger partial charge in [-0.2, -0.15) is 0 Å². The molecule has 0 N–H and O–H groups in total. The van der Waals surface area contributed by atoms with Gasteiger partial charge >= 0.3 is 0 Å². The van der Waals surface area contributed by atoms with E-state index in [0.717, 1.165) is 18.5 Å². The van der Waals surface area contributed by atoms with E-state index in [1.54, 1.807) is 6.20 Å². The molecule has 0 saturated carbocycles. The van der Waals surface area contributed by atoms with Crippen molar-refractivity contribution in [3.8, 4) is 11.1 Å². The SMILES string of the molecule is CCC(Cc1ccccc1-c1ccccc1)c1ccnc(Cl)n1. The van der Waals surface area contributed by atoms with Gasteiger partial charge in [-0.1, -0.05) is 61.5 Å². The predicted octanol–water partition coefficient (Wildman–Crippen LogP) is 5.53. The Morgan fingerprint density at radius 2 is 1.70 bits per heavy atom. The second kappa shape index (κ2) is 7.38. The number of halogens is 1. The average Bonchev–Trinajstić information content (AvgIpc) is 2.61. The van der Waals surface area contributed by atoms with Gasteiger partial charge in [-0.25, -0.2) is 9.97 Å². The lowest BCUT2D eigenvalue weighted by Crippen LogP contribution is -2.06. The zero-order chi connectivity index (χ0) is 16.1. The zero-order valence-corrected chi connectivity index (χ0v) is 13.9. The summed E-state index contributed by atoms with van der Waals surface area (Å²) in [5.74, 6) is 0.334. The molecule has 0 radical (unpaired) electrons. The van der Waals surface area contributed by atoms with Crippen molar-refractivity contribution >= 4 is 11.6 Å². The molecule has 0 spiro atoms. The summed E-state index contributed by atoms with van der Waals surface area (Å²) in [6, 6.07) is 21.0. The van der Waals surface area contributed by atoms with Crippen LogP contribution in [0.5, 0.6) is 0 Å². The Labute approximate surface area is 142 Å². The highest BCUT2D eigenvalue weighted by atomic mass is 35.5. The van der Waals surface area contributed by atoms with E-state index in [0.29, 0.717) is 11.2 Å². The van der Waals surface area contributed by atoms with Gasteiger partial charge in [0.2, 0.25) is 5.28 Å². The highest BCUT2D eigenvalue weighted by Crippen LogP contribution is 2.29. The molecule has 3 rings (SSSR count). The Bertz CT molecular complexity index is 771. The Balaban J connectivity index is 1.93. The molecule has 1 heterocycles. The van der Waals surface area contributed by atoms with Crippen LogP contribution in [0.4, 0.5) is 0 Å². The van der Waals surface area contributed by atoms with Crippen LogP contribution in [0.2, 0.25) is 5.28 Å². The number of hydrogen-bond donors (Lipinski definition) is 0. The van der Waals surface area contributed by atoms with Crippen molar-refractivity contribution < 1.29 is 0 Å². The lowest BCUT2D eigenvalue weighted by molar-refractivity contribution is 0.639. The number of rotatable bonds is 5. The van der Waals surface area contributed by atoms with Gasteiger partial charge in [-0.05, 0) is 47.2 Å². The minimum atomic E-state index is 0.317. The predicted molar refractivity (Wildman–Crippen MR) is 95.7 cm³/mol. The molecule has 0 aliphatic heterocycles. The van der Waals surface area contributed by atoms with Gasteiger partial charge in [0.1, 0.15) is 0 Å². The first-order valence-electron chi connectivity index (χ1n) is 7.89. The smallest absolute Gasteiger partial charge is 0.222 e. The standard InChI is InChI=1S/C20H19ClN2/c1-2-15(19-12-13-22-20(21)23-19)14-17-10-6-7-11-18(17)16-8-4-3-5-9-16/h3-13,15H,2,14H2,1H3. The van der Waals surface area contributed by atoms with Crippen LogP contribution in [0.3, 0.4) is 0 Å². The van der Waals surface area contributed by atoms with E-state index in [9.17, 15) is 0 Å². The minimum Gasteiger partial charge on any atom is -0.227 e. The van der Waals surface area contributed by atoms with Crippen molar-refractivity contribution in [3.05, 3.63) is 83.4 Å². The number of nitrogens with zero attached hydrogens (tertiary/aromatic N) is 2. The van der Waals surface area contributed by atoms with Crippen molar-refractivity contribution in [1.29, 1.82) is 0 Å². The minimum absolute atomic E-state index is 0.317. The van der Waals surface area contributed by atoms with Gasteiger partial charge < -0.3 is 0 Å². The third-order valence-corrected chi connectivity index (χ3v) is 4.31. The Kier molecular flexibility index (Phi) is 5.04. The van der Waals surface area contributed by atoms with E-state index in [1.807, 2.05) is 12.1 Å². The van der Waals surface area contributed by atoms with Crippen LogP contribution < -0.4 is 0 Å². The summed E-state index contributed by atoms with van der Waals surface area (Å²) in [6.45, 7) is 2.19. The monoisotopic (exact) mass is 322 g/mol. The van der Waals surface area contributed by atoms with E-state index in [1.165, 1.54) is 16.7 Å². The van der Waals surface area contributed by atoms with Crippen LogP contribution in [-0.4, -0.2) is 9.97 Å². The van der Waals surface area contributed by atoms with Gasteiger partial charge in [0, 0.05) is 17.8 Å². The molecule has 0 fully saturated rings. The fourth-order valence-corrected chi connectivity index (χ4v) is 3.05. The van der Waals surface area contributed by atoms with Crippen molar-refractivity contribution in [3.63, 3.8) is 0 Å². The van der Waals surface area contributed by atoms with Crippen LogP contribution >= 0.6 is 11.6 Å². The first-order chi connectivity index (χ1) is 11.3. The van der Waals surface area contributed by atoms with E-state index in [4.69, 9.17) is 11.6 Å². The highest BCUT2D eigenvalue weighted by Gasteiger charge is 2.15. The van der Waals surface area contributed by atoms with E-state index >= 15 is 0 Å². The molecule has 3 aromatic rings. The van der Waals surface area contributed by atoms with E-state index in [-0.39, 0.29) is 0 Å². The fourth-order valence-electron chi connectivity index (χ4n) is 2.90. The van der Waals surface area contributed by atoms with E-state index < -0.39 is 0 Å². The van der Waals surface area contributed by atoms with Gasteiger partial charge in [0.05, 0.1) is 0 Å². The van der Waals surface area contributed by atoms with Crippen LogP contribution in [-0.2, 0) is 6.42 Å². The third kappa shape index (κ3) is 3.77. The molecule has 116 valence electrons. The van der Waals surface area contributed by atoms with Gasteiger partial charge in [-0.15, -0.1) is 0 Å². The molecule has 1 atom stereocenters. The molecule has 0 bridgehead atoms. The largest absolute Gasteiger partial charge is 0.227 e. The van der Waals surface area contributed by atoms with Crippen molar-refractivity contribution in [2.45, 2.75) is 25.7 Å². The van der Waals surface area contributed by atoms with E-state index in [2.05, 4.69) is 65.4 Å². The molecule has 1 unspecified atom stereocenters. The van der Waals surface area contributed by atoms with Crippen molar-refractivity contribution in [2.24, 2.45) is 0 Å². The second-order valence-electron chi connectivity index (χ2n) is 5.58. The topological polar surface area (TPSA) is 25.8 Å². The average molecular weight is 323 g/mol. The van der Waals surface area contributed by atoms with Crippen molar-refractivity contribution in [2.75, 3.05) is 0 Å². The molecule has 0 amide bonds. The lowest BCUT2D eigenvalue weighted by atomic mass is 9.89. The van der Waals surface area contributed by atoms with Gasteiger partial charge in [0.15, 0.2) is 0 Å². The second-order valence-corrected chi connectivity index (χ2v) is 5.92. The molecule has 2 nitrogen and oxygen atoms in total. The molecule has 3 heteroatoms. The highest BCUT2D eigenvalue weighted by molar-refractivity contribution is 6.28. The van der Waals surface area contributed by atoms with Crippen LogP contribution in [0, 0.1) is 0 Å². The summed E-state index contributed by atoms with van der Waals surface area (Å²) in [5.41, 5.74) is 4.88. The number of benzene rings is 2. The Morgan fingerprint density at radius 3 is 2.43 bits per heavy atom. The molecule has 0 aliphatic rings. The molecule has 1 aromatic heterocycles. The third-order valence-electron chi connectivity index (χ3n) is 4.13. The summed E-state index contributed by atoms with van der Waals surface area (Å²) < 4.78 is 0. The van der Waals surface area contributed by atoms with Crippen LogP contribution in [0.25, 0.3) is 11.1 Å². The summed E-state index contributed by atoms with van der Waals surface area (Å²) >= 11 is 5.95. The first kappa shape index (κ1) is 15.7. The molecule has 2 aromatic carbocycles. The van der Waals surface area contributed by atoms with Crippen molar-refractivity contribution in [1.82, 2.24) is 9.97 Å². The summed E-state index contributed by atoms with van der Waals surface area (Å²) in [6.07, 6.45) is 3.68. The molecule has 0 aliphatic carbocycles. The summed E-state index contributed by atoms with van der Waals surface area (Å²) in [4.78, 5) is 8.38. The maximum absolute atomic E-state index is 5.95. The molecular weight excluding hydrogens is 304 g/mol. The molecule has 0 saturated heterocycles. The Hall–Kier alpha value is -2.19. The molecular formula is C20H19ClN2. The maximum Gasteiger partial charge on any atom is 0.222 e. The zero-order valence-electron chi connectivity index (χ0n) is 13.1.